The largest absolute Gasteiger partial charge is 0.494 e. The minimum atomic E-state index is -4.97. The van der Waals surface area contributed by atoms with E-state index in [0.29, 0.717) is 17.5 Å². The Labute approximate surface area is 332 Å². The molecule has 1 aliphatic heterocycles. The van der Waals surface area contributed by atoms with Crippen LogP contribution in [-0.2, 0) is 33.5 Å². The SMILES string of the molecule is CCOC(=O)CCCNC(c1ccccc1)[C@@H]1CN(C(=O)OCc2ccccc2)c2c(Cc3c(F)cccc3C(F)(F)F)c(C)c(-c3cccc(OC)c3F)c(=O)n21. The number of hydrogen-bond donors (Lipinski definition) is 1. The number of nitrogens with zero attached hydrogens (tertiary/aromatic N) is 2. The molecular weight excluding hydrogens is 761 g/mol. The average Bonchev–Trinajstić information content (AvgIpc) is 3.60. The van der Waals surface area contributed by atoms with Crippen LogP contribution in [0.3, 0.4) is 0 Å². The minimum absolute atomic E-state index is 0.0271. The molecule has 0 radical (unpaired) electrons. The van der Waals surface area contributed by atoms with Gasteiger partial charge in [0.15, 0.2) is 11.6 Å². The fraction of sp³-hybridized carbons (Fsp3) is 0.295. The molecule has 0 fully saturated rings. The molecule has 1 aromatic heterocycles. The number of amides is 1. The van der Waals surface area contributed by atoms with E-state index in [1.165, 1.54) is 41.7 Å². The number of esters is 1. The number of carbonyl (C=O) groups is 2. The number of nitrogens with one attached hydrogen (secondary N) is 1. The zero-order valence-electron chi connectivity index (χ0n) is 32.1. The maximum absolute atomic E-state index is 16.2. The van der Waals surface area contributed by atoms with E-state index in [-0.39, 0.29) is 66.5 Å². The predicted octanol–water partition coefficient (Wildman–Crippen LogP) is 9.09. The van der Waals surface area contributed by atoms with Crippen LogP contribution in [0.1, 0.15) is 65.2 Å². The molecule has 0 bridgehead atoms. The third-order valence-electron chi connectivity index (χ3n) is 10.1. The highest BCUT2D eigenvalue weighted by molar-refractivity contribution is 5.90. The molecular formula is C44H42F5N3O6. The Morgan fingerprint density at radius 1 is 0.897 bits per heavy atom. The zero-order chi connectivity index (χ0) is 41.6. The van der Waals surface area contributed by atoms with Crippen molar-refractivity contribution in [3.8, 4) is 16.9 Å². The van der Waals surface area contributed by atoms with Crippen molar-refractivity contribution in [3.05, 3.63) is 152 Å². The fourth-order valence-corrected chi connectivity index (χ4v) is 7.44. The monoisotopic (exact) mass is 803 g/mol. The Hall–Kier alpha value is -6.02. The fourth-order valence-electron chi connectivity index (χ4n) is 7.44. The number of benzene rings is 4. The Balaban J connectivity index is 1.60. The van der Waals surface area contributed by atoms with E-state index in [2.05, 4.69) is 5.32 Å². The molecule has 0 spiro atoms. The Morgan fingerprint density at radius 3 is 2.26 bits per heavy atom. The van der Waals surface area contributed by atoms with Gasteiger partial charge in [0.1, 0.15) is 18.2 Å². The van der Waals surface area contributed by atoms with Crippen molar-refractivity contribution in [2.45, 2.75) is 58.0 Å². The first-order chi connectivity index (χ1) is 27.8. The second-order valence-corrected chi connectivity index (χ2v) is 13.7. The lowest BCUT2D eigenvalue weighted by Gasteiger charge is -2.28. The number of rotatable bonds is 14. The van der Waals surface area contributed by atoms with Crippen LogP contribution in [0.5, 0.6) is 5.75 Å². The summed E-state index contributed by atoms with van der Waals surface area (Å²) >= 11 is 0. The molecule has 2 heterocycles. The van der Waals surface area contributed by atoms with Gasteiger partial charge in [0.2, 0.25) is 0 Å². The van der Waals surface area contributed by atoms with Gasteiger partial charge in [0.05, 0.1) is 43.5 Å². The third-order valence-corrected chi connectivity index (χ3v) is 10.1. The number of ether oxygens (including phenoxy) is 3. The number of anilines is 1. The van der Waals surface area contributed by atoms with Crippen molar-refractivity contribution < 1.29 is 45.8 Å². The Morgan fingerprint density at radius 2 is 1.59 bits per heavy atom. The second kappa shape index (κ2) is 18.1. The normalized spacial score (nSPS) is 14.2. The van der Waals surface area contributed by atoms with Gasteiger partial charge in [-0.1, -0.05) is 78.9 Å². The molecule has 4 aromatic carbocycles. The third kappa shape index (κ3) is 8.76. The summed E-state index contributed by atoms with van der Waals surface area (Å²) in [4.78, 5) is 42.8. The van der Waals surface area contributed by atoms with Crippen molar-refractivity contribution in [2.24, 2.45) is 0 Å². The number of alkyl halides is 3. The predicted molar refractivity (Wildman–Crippen MR) is 208 cm³/mol. The number of fused-ring (bicyclic) bond motifs is 1. The maximum Gasteiger partial charge on any atom is 0.416 e. The molecule has 1 amide bonds. The molecule has 0 aliphatic carbocycles. The van der Waals surface area contributed by atoms with E-state index in [1.807, 2.05) is 0 Å². The zero-order valence-corrected chi connectivity index (χ0v) is 32.1. The van der Waals surface area contributed by atoms with Crippen LogP contribution in [0.25, 0.3) is 11.1 Å². The van der Waals surface area contributed by atoms with E-state index < -0.39 is 65.1 Å². The molecule has 6 rings (SSSR count). The number of halogens is 5. The van der Waals surface area contributed by atoms with E-state index in [1.54, 1.807) is 67.6 Å². The average molecular weight is 804 g/mol. The summed E-state index contributed by atoms with van der Waals surface area (Å²) in [5.41, 5.74) is -1.82. The first-order valence-electron chi connectivity index (χ1n) is 18.7. The second-order valence-electron chi connectivity index (χ2n) is 13.7. The van der Waals surface area contributed by atoms with Gasteiger partial charge in [-0.15, -0.1) is 0 Å². The molecule has 58 heavy (non-hydrogen) atoms. The van der Waals surface area contributed by atoms with Crippen LogP contribution in [0, 0.1) is 18.6 Å². The van der Waals surface area contributed by atoms with Crippen molar-refractivity contribution in [3.63, 3.8) is 0 Å². The molecule has 1 aliphatic rings. The molecule has 1 N–H and O–H groups in total. The Bertz CT molecular complexity index is 2320. The standard InChI is InChI=1S/C44H42F5N3O6/c1-4-57-37(53)22-13-23-50-40(29-16-9-6-10-17-29)35-25-51(43(55)58-26-28-14-7-5-8-15-28)41-31(24-32-33(44(47,48)49)19-12-20-34(32)45)27(2)38(42(54)52(35)41)30-18-11-21-36(56-3)39(30)46/h5-12,14-21,35,40,50H,4,13,22-26H2,1-3H3/t35-,40?/m0/s1. The van der Waals surface area contributed by atoms with Crippen LogP contribution in [0.15, 0.2) is 102 Å². The first kappa shape index (κ1) is 41.6. The van der Waals surface area contributed by atoms with Gasteiger partial charge in [-0.05, 0) is 61.7 Å². The van der Waals surface area contributed by atoms with Crippen molar-refractivity contribution in [1.29, 1.82) is 0 Å². The summed E-state index contributed by atoms with van der Waals surface area (Å²) in [5.74, 6) is -2.77. The molecule has 5 aromatic rings. The van der Waals surface area contributed by atoms with Gasteiger partial charge >= 0.3 is 18.2 Å². The summed E-state index contributed by atoms with van der Waals surface area (Å²) in [6.07, 6.45) is -6.19. The summed E-state index contributed by atoms with van der Waals surface area (Å²) in [5, 5.41) is 3.42. The number of carbonyl (C=O) groups excluding carboxylic acids is 2. The lowest BCUT2D eigenvalue weighted by molar-refractivity contribution is -0.143. The van der Waals surface area contributed by atoms with E-state index >= 15 is 13.6 Å². The summed E-state index contributed by atoms with van der Waals surface area (Å²) < 4.78 is 92.8. The summed E-state index contributed by atoms with van der Waals surface area (Å²) in [6, 6.07) is 22.8. The van der Waals surface area contributed by atoms with Gasteiger partial charge in [-0.3, -0.25) is 19.1 Å². The quantitative estimate of drug-likeness (QED) is 0.0680. The van der Waals surface area contributed by atoms with Gasteiger partial charge in [0.25, 0.3) is 5.56 Å². The van der Waals surface area contributed by atoms with Crippen LogP contribution < -0.4 is 20.5 Å². The summed E-state index contributed by atoms with van der Waals surface area (Å²) in [6.45, 7) is 3.19. The highest BCUT2D eigenvalue weighted by atomic mass is 19.4. The molecule has 14 heteroatoms. The van der Waals surface area contributed by atoms with Gasteiger partial charge in [-0.2, -0.15) is 13.2 Å². The first-order valence-corrected chi connectivity index (χ1v) is 18.7. The number of hydrogen-bond acceptors (Lipinski definition) is 7. The molecule has 9 nitrogen and oxygen atoms in total. The van der Waals surface area contributed by atoms with E-state index in [9.17, 15) is 22.8 Å². The summed E-state index contributed by atoms with van der Waals surface area (Å²) in [7, 11) is 1.25. The van der Waals surface area contributed by atoms with Gasteiger partial charge in [0, 0.05) is 29.5 Å². The number of aromatic nitrogens is 1. The van der Waals surface area contributed by atoms with Gasteiger partial charge in [-0.25, -0.2) is 13.6 Å². The van der Waals surface area contributed by atoms with Gasteiger partial charge < -0.3 is 19.5 Å². The topological polar surface area (TPSA) is 99.1 Å². The molecule has 0 saturated heterocycles. The molecule has 2 atom stereocenters. The van der Waals surface area contributed by atoms with Crippen LogP contribution in [-0.4, -0.2) is 43.4 Å². The highest BCUT2D eigenvalue weighted by Gasteiger charge is 2.43. The number of pyridine rings is 1. The van der Waals surface area contributed by atoms with Crippen molar-refractivity contribution in [1.82, 2.24) is 9.88 Å². The maximum atomic E-state index is 16.2. The highest BCUT2D eigenvalue weighted by Crippen LogP contribution is 2.44. The van der Waals surface area contributed by atoms with Crippen molar-refractivity contribution >= 4 is 17.9 Å². The van der Waals surface area contributed by atoms with Crippen LogP contribution in [0.4, 0.5) is 32.6 Å². The lowest BCUT2D eigenvalue weighted by atomic mass is 9.91. The van der Waals surface area contributed by atoms with Crippen LogP contribution in [0.2, 0.25) is 0 Å². The Kier molecular flexibility index (Phi) is 13.0. The minimum Gasteiger partial charge on any atom is -0.494 e. The van der Waals surface area contributed by atoms with E-state index in [0.717, 1.165) is 18.2 Å². The van der Waals surface area contributed by atoms with Crippen molar-refractivity contribution in [2.75, 3.05) is 31.7 Å². The molecule has 0 saturated carbocycles. The molecule has 304 valence electrons. The number of methoxy groups -OCH3 is 1. The van der Waals surface area contributed by atoms with E-state index in [4.69, 9.17) is 14.2 Å². The van der Waals surface area contributed by atoms with Crippen LogP contribution >= 0.6 is 0 Å². The molecule has 1 unspecified atom stereocenters. The lowest BCUT2D eigenvalue weighted by Crippen LogP contribution is -2.37. The smallest absolute Gasteiger partial charge is 0.416 e.